The zero-order valence-electron chi connectivity index (χ0n) is 17.4. The Hall–Kier alpha value is -3.45. The Labute approximate surface area is 185 Å². The van der Waals surface area contributed by atoms with Gasteiger partial charge in [0.1, 0.15) is 11.2 Å². The standard InChI is InChI=1S/C24H22N2O4S/c1-28-18-14-17(15-19(29-2)22(18)30-3)24-26(21-11-7-8-12-25-21)23(27)20(31-24)13-16-9-5-4-6-10-16/h4-15,24H,1-3H3/b20-13-. The van der Waals surface area contributed by atoms with Crippen LogP contribution in [0.1, 0.15) is 16.5 Å². The molecule has 7 heteroatoms. The van der Waals surface area contributed by atoms with Gasteiger partial charge in [0.15, 0.2) is 11.5 Å². The number of amides is 1. The highest BCUT2D eigenvalue weighted by Crippen LogP contribution is 2.50. The van der Waals surface area contributed by atoms with E-state index in [1.807, 2.05) is 66.7 Å². The van der Waals surface area contributed by atoms with Crippen molar-refractivity contribution in [2.24, 2.45) is 0 Å². The van der Waals surface area contributed by atoms with Crippen molar-refractivity contribution in [2.45, 2.75) is 5.37 Å². The molecule has 0 N–H and O–H groups in total. The number of thioether (sulfide) groups is 1. The van der Waals surface area contributed by atoms with E-state index in [9.17, 15) is 4.79 Å². The molecule has 1 aromatic heterocycles. The summed E-state index contributed by atoms with van der Waals surface area (Å²) in [7, 11) is 4.71. The lowest BCUT2D eigenvalue weighted by Gasteiger charge is -2.24. The third-order valence-electron chi connectivity index (χ3n) is 4.87. The molecule has 0 aliphatic carbocycles. The molecule has 1 atom stereocenters. The van der Waals surface area contributed by atoms with E-state index in [0.717, 1.165) is 11.1 Å². The molecule has 1 unspecified atom stereocenters. The van der Waals surface area contributed by atoms with Crippen LogP contribution in [0.25, 0.3) is 6.08 Å². The maximum Gasteiger partial charge on any atom is 0.267 e. The molecule has 0 spiro atoms. The van der Waals surface area contributed by atoms with Gasteiger partial charge in [0.2, 0.25) is 5.75 Å². The average molecular weight is 435 g/mol. The number of aromatic nitrogens is 1. The summed E-state index contributed by atoms with van der Waals surface area (Å²) in [6.07, 6.45) is 3.58. The summed E-state index contributed by atoms with van der Waals surface area (Å²) in [6, 6.07) is 19.0. The first-order valence-electron chi connectivity index (χ1n) is 9.64. The molecule has 0 bridgehead atoms. The van der Waals surface area contributed by atoms with Crippen LogP contribution in [0.2, 0.25) is 0 Å². The maximum absolute atomic E-state index is 13.4. The number of hydrogen-bond donors (Lipinski definition) is 0. The predicted molar refractivity (Wildman–Crippen MR) is 123 cm³/mol. The highest BCUT2D eigenvalue weighted by Gasteiger charge is 2.39. The quantitative estimate of drug-likeness (QED) is 0.513. The number of benzene rings is 2. The number of carbonyl (C=O) groups excluding carboxylic acids is 1. The van der Waals surface area contributed by atoms with Gasteiger partial charge < -0.3 is 14.2 Å². The molecule has 31 heavy (non-hydrogen) atoms. The highest BCUT2D eigenvalue weighted by atomic mass is 32.2. The third-order valence-corrected chi connectivity index (χ3v) is 6.12. The SMILES string of the molecule is COc1cc(C2S/C(=C\c3ccccc3)C(=O)N2c2ccccn2)cc(OC)c1OC. The van der Waals surface area contributed by atoms with Crippen molar-refractivity contribution in [2.75, 3.05) is 26.2 Å². The zero-order chi connectivity index (χ0) is 21.8. The molecule has 0 radical (unpaired) electrons. The number of nitrogens with zero attached hydrogens (tertiary/aromatic N) is 2. The molecule has 1 fully saturated rings. The molecule has 1 amide bonds. The second-order valence-electron chi connectivity index (χ2n) is 6.71. The predicted octanol–water partition coefficient (Wildman–Crippen LogP) is 4.93. The van der Waals surface area contributed by atoms with Gasteiger partial charge in [-0.05, 0) is 41.5 Å². The molecular formula is C24H22N2O4S. The van der Waals surface area contributed by atoms with Gasteiger partial charge >= 0.3 is 0 Å². The fraction of sp³-hybridized carbons (Fsp3) is 0.167. The van der Waals surface area contributed by atoms with E-state index in [-0.39, 0.29) is 11.3 Å². The maximum atomic E-state index is 13.4. The van der Waals surface area contributed by atoms with Gasteiger partial charge in [0.05, 0.1) is 26.2 Å². The second-order valence-corrected chi connectivity index (χ2v) is 7.83. The number of ether oxygens (including phenoxy) is 3. The van der Waals surface area contributed by atoms with Gasteiger partial charge in [-0.25, -0.2) is 4.98 Å². The Balaban J connectivity index is 1.83. The van der Waals surface area contributed by atoms with Crippen LogP contribution in [0.3, 0.4) is 0 Å². The minimum atomic E-state index is -0.342. The highest BCUT2D eigenvalue weighted by molar-refractivity contribution is 8.05. The van der Waals surface area contributed by atoms with Crippen LogP contribution in [-0.4, -0.2) is 32.2 Å². The molecule has 4 rings (SSSR count). The Morgan fingerprint density at radius 1 is 0.935 bits per heavy atom. The molecule has 1 saturated heterocycles. The molecule has 3 aromatic rings. The van der Waals surface area contributed by atoms with Gasteiger partial charge in [0, 0.05) is 6.20 Å². The fourth-order valence-electron chi connectivity index (χ4n) is 3.43. The molecule has 2 heterocycles. The summed E-state index contributed by atoms with van der Waals surface area (Å²) in [6.45, 7) is 0. The van der Waals surface area contributed by atoms with Crippen LogP contribution in [0, 0.1) is 0 Å². The van der Waals surface area contributed by atoms with Crippen molar-refractivity contribution in [3.05, 3.63) is 82.9 Å². The second kappa shape index (κ2) is 9.14. The van der Waals surface area contributed by atoms with Crippen LogP contribution in [-0.2, 0) is 4.79 Å². The Morgan fingerprint density at radius 3 is 2.19 bits per heavy atom. The van der Waals surface area contributed by atoms with E-state index < -0.39 is 0 Å². The van der Waals surface area contributed by atoms with Gasteiger partial charge in [-0.3, -0.25) is 9.69 Å². The van der Waals surface area contributed by atoms with Gasteiger partial charge in [-0.1, -0.05) is 48.2 Å². The van der Waals surface area contributed by atoms with Crippen LogP contribution in [0.5, 0.6) is 17.2 Å². The van der Waals surface area contributed by atoms with Crippen LogP contribution >= 0.6 is 11.8 Å². The van der Waals surface area contributed by atoms with Crippen molar-refractivity contribution < 1.29 is 19.0 Å². The lowest BCUT2D eigenvalue weighted by Crippen LogP contribution is -2.28. The van der Waals surface area contributed by atoms with Gasteiger partial charge in [-0.15, -0.1) is 0 Å². The number of methoxy groups -OCH3 is 3. The van der Waals surface area contributed by atoms with E-state index in [0.29, 0.717) is 28.0 Å². The Bertz CT molecular complexity index is 1080. The van der Waals surface area contributed by atoms with E-state index in [2.05, 4.69) is 4.98 Å². The van der Waals surface area contributed by atoms with E-state index in [1.165, 1.54) is 11.8 Å². The summed E-state index contributed by atoms with van der Waals surface area (Å²) in [4.78, 5) is 20.2. The smallest absolute Gasteiger partial charge is 0.267 e. The minimum absolute atomic E-state index is 0.105. The molecule has 2 aromatic carbocycles. The molecule has 1 aliphatic rings. The molecular weight excluding hydrogens is 412 g/mol. The fourth-order valence-corrected chi connectivity index (χ4v) is 4.65. The summed E-state index contributed by atoms with van der Waals surface area (Å²) in [5, 5.41) is -0.342. The van der Waals surface area contributed by atoms with Crippen molar-refractivity contribution >= 4 is 29.6 Å². The van der Waals surface area contributed by atoms with Crippen LogP contribution in [0.4, 0.5) is 5.82 Å². The van der Waals surface area contributed by atoms with Crippen molar-refractivity contribution in [3.63, 3.8) is 0 Å². The topological polar surface area (TPSA) is 60.9 Å². The van der Waals surface area contributed by atoms with Gasteiger partial charge in [-0.2, -0.15) is 0 Å². The summed E-state index contributed by atoms with van der Waals surface area (Å²) < 4.78 is 16.5. The number of pyridine rings is 1. The normalized spacial score (nSPS) is 17.1. The lowest BCUT2D eigenvalue weighted by atomic mass is 10.1. The first-order chi connectivity index (χ1) is 15.2. The number of anilines is 1. The summed E-state index contributed by atoms with van der Waals surface area (Å²) in [5.41, 5.74) is 1.81. The van der Waals surface area contributed by atoms with Crippen LogP contribution in [0.15, 0.2) is 71.8 Å². The largest absolute Gasteiger partial charge is 0.493 e. The number of rotatable bonds is 6. The van der Waals surface area contributed by atoms with E-state index in [1.54, 1.807) is 32.4 Å². The molecule has 158 valence electrons. The van der Waals surface area contributed by atoms with Crippen LogP contribution < -0.4 is 19.1 Å². The monoisotopic (exact) mass is 434 g/mol. The summed E-state index contributed by atoms with van der Waals surface area (Å²) in [5.74, 6) is 2.05. The minimum Gasteiger partial charge on any atom is -0.493 e. The number of hydrogen-bond acceptors (Lipinski definition) is 6. The molecule has 6 nitrogen and oxygen atoms in total. The van der Waals surface area contributed by atoms with Gasteiger partial charge in [0.25, 0.3) is 5.91 Å². The lowest BCUT2D eigenvalue weighted by molar-refractivity contribution is -0.114. The zero-order valence-corrected chi connectivity index (χ0v) is 18.3. The van der Waals surface area contributed by atoms with E-state index >= 15 is 0 Å². The average Bonchev–Trinajstić information content (AvgIpc) is 3.15. The Kier molecular flexibility index (Phi) is 6.13. The van der Waals surface area contributed by atoms with Crippen molar-refractivity contribution in [1.29, 1.82) is 0 Å². The number of carbonyl (C=O) groups is 1. The first-order valence-corrected chi connectivity index (χ1v) is 10.5. The Morgan fingerprint density at radius 2 is 1.61 bits per heavy atom. The van der Waals surface area contributed by atoms with Crippen molar-refractivity contribution in [1.82, 2.24) is 4.98 Å². The summed E-state index contributed by atoms with van der Waals surface area (Å²) >= 11 is 1.47. The first kappa shape index (κ1) is 20.8. The molecule has 1 aliphatic heterocycles. The molecule has 0 saturated carbocycles. The van der Waals surface area contributed by atoms with E-state index in [4.69, 9.17) is 14.2 Å². The third kappa shape index (κ3) is 4.09. The van der Waals surface area contributed by atoms with Crippen molar-refractivity contribution in [3.8, 4) is 17.2 Å².